The lowest BCUT2D eigenvalue weighted by molar-refractivity contribution is 0.0471. The Morgan fingerprint density at radius 2 is 1.11 bits per heavy atom. The number of hydrogen-bond acceptors (Lipinski definition) is 7. The van der Waals surface area contributed by atoms with Gasteiger partial charge in [-0.2, -0.15) is 0 Å². The van der Waals surface area contributed by atoms with Crippen LogP contribution in [-0.2, 0) is 9.47 Å². The number of fused-ring (bicyclic) bond motifs is 4. The average Bonchev–Trinajstić information content (AvgIpc) is 3.82. The number of aromatic nitrogens is 3. The molecule has 2 aliphatic carbocycles. The Morgan fingerprint density at radius 3 is 1.67 bits per heavy atom. The number of amides is 2. The van der Waals surface area contributed by atoms with Crippen LogP contribution >= 0.6 is 0 Å². The van der Waals surface area contributed by atoms with Gasteiger partial charge < -0.3 is 19.3 Å². The van der Waals surface area contributed by atoms with Crippen molar-refractivity contribution in [2.24, 2.45) is 35.5 Å². The number of pyridine rings is 1. The van der Waals surface area contributed by atoms with Crippen LogP contribution in [0, 0.1) is 53.0 Å². The molecule has 2 aromatic carbocycles. The number of cyclic esters (lactones) is 2. The van der Waals surface area contributed by atoms with Crippen LogP contribution < -0.4 is 0 Å². The van der Waals surface area contributed by atoms with Gasteiger partial charge in [-0.15, -0.1) is 0 Å². The van der Waals surface area contributed by atoms with Gasteiger partial charge in [0.05, 0.1) is 17.8 Å². The summed E-state index contributed by atoms with van der Waals surface area (Å²) in [5.41, 5.74) is 3.45. The number of nitrogens with zero attached hydrogens (tertiary/aromatic N) is 5. The number of hydrogen-bond donors (Lipinski definition) is 0. The van der Waals surface area contributed by atoms with Gasteiger partial charge in [-0.25, -0.2) is 32.7 Å². The fourth-order valence-corrected chi connectivity index (χ4v) is 10.6. The minimum absolute atomic E-state index is 0. The summed E-state index contributed by atoms with van der Waals surface area (Å²) < 4.78 is 51.1. The normalized spacial score (nSPS) is 27.7. The van der Waals surface area contributed by atoms with Crippen LogP contribution in [0.25, 0.3) is 34.4 Å². The van der Waals surface area contributed by atoms with Gasteiger partial charge >= 0.3 is 12.2 Å². The summed E-state index contributed by atoms with van der Waals surface area (Å²) >= 11 is 0. The quantitative estimate of drug-likeness (QED) is 0.191. The summed E-state index contributed by atoms with van der Waals surface area (Å²) in [4.78, 5) is 41.4. The molecule has 2 aromatic heterocycles. The van der Waals surface area contributed by atoms with Crippen molar-refractivity contribution < 1.29 is 32.2 Å². The van der Waals surface area contributed by atoms with Crippen molar-refractivity contribution in [2.45, 2.75) is 78.3 Å². The zero-order valence-electron chi connectivity index (χ0n) is 32.8. The SMILES string of the molecule is C.C.O=C1OC[C@@H]2C(/C=C/c3ccc(-c4cc(F)cc(F)c4)cn3)C3CCCCC3CN12.O=C1OC[C@@H]2C(/C=C/c3ncc(-c4cccc(F)c4)cn3)C3CCCCC3CN12. The van der Waals surface area contributed by atoms with Crippen molar-refractivity contribution in [1.29, 1.82) is 0 Å². The Labute approximate surface area is 357 Å². The zero-order chi connectivity index (χ0) is 40.5. The molecule has 61 heavy (non-hydrogen) atoms. The lowest BCUT2D eigenvalue weighted by atomic mass is 9.67. The molecule has 8 atom stereocenters. The first kappa shape index (κ1) is 43.6. The van der Waals surface area contributed by atoms with Gasteiger partial charge in [-0.05, 0) is 103 Å². The standard InChI is InChI=1S/C24H24F2N2O2.C23H24FN3O2.2CH4/c25-18-9-17(10-19(26)11-18)15-5-6-20(27-12-15)7-8-22-21-4-2-1-3-16(21)13-28-23(22)14-30-24(28)29;24-18-6-3-5-15(10-18)17-11-25-22(26-12-17)9-8-20-19-7-2-1-4-16(19)13-27-21(20)14-29-23(27)28;;/h5-12,16,21-23H,1-4,13-14H2;3,5-6,8-12,16,19-21H,1-2,4,7,13-14H2;2*1H4/b8-7+;9-8+;;/t16?,21?,22?,23-;16?,19?,20?,21-;;/m11../s1. The molecule has 0 N–H and O–H groups in total. The van der Waals surface area contributed by atoms with E-state index >= 15 is 0 Å². The van der Waals surface area contributed by atoms with Crippen LogP contribution in [0.3, 0.4) is 0 Å². The highest BCUT2D eigenvalue weighted by molar-refractivity contribution is 5.71. The average molecular weight is 836 g/mol. The Bertz CT molecular complexity index is 2200. The number of rotatable bonds is 6. The number of benzene rings is 2. The van der Waals surface area contributed by atoms with E-state index in [9.17, 15) is 22.8 Å². The third-order valence-electron chi connectivity index (χ3n) is 13.5. The van der Waals surface area contributed by atoms with Gasteiger partial charge in [-0.3, -0.25) is 4.98 Å². The first-order chi connectivity index (χ1) is 28.8. The molecule has 2 amide bonds. The molecule has 10 rings (SSSR count). The van der Waals surface area contributed by atoms with Crippen molar-refractivity contribution >= 4 is 24.3 Å². The van der Waals surface area contributed by atoms with Crippen LogP contribution in [0.1, 0.15) is 77.7 Å². The molecule has 0 radical (unpaired) electrons. The highest BCUT2D eigenvalue weighted by atomic mass is 19.1. The maximum atomic E-state index is 13.5. The predicted molar refractivity (Wildman–Crippen MR) is 230 cm³/mol. The summed E-state index contributed by atoms with van der Waals surface area (Å²) in [5.74, 6) is 1.91. The number of piperidine rings is 2. The molecule has 4 saturated heterocycles. The van der Waals surface area contributed by atoms with E-state index < -0.39 is 11.6 Å². The maximum absolute atomic E-state index is 13.5. The molecular weight excluding hydrogens is 780 g/mol. The second kappa shape index (κ2) is 19.0. The van der Waals surface area contributed by atoms with E-state index in [0.717, 1.165) is 36.0 Å². The number of carbonyl (C=O) groups is 2. The number of carbonyl (C=O) groups excluding carboxylic acids is 2. The van der Waals surface area contributed by atoms with Crippen molar-refractivity contribution in [3.63, 3.8) is 0 Å². The molecular formula is C49H56F3N5O4. The molecule has 9 nitrogen and oxygen atoms in total. The molecule has 6 unspecified atom stereocenters. The van der Waals surface area contributed by atoms with E-state index in [0.29, 0.717) is 53.8 Å². The molecule has 0 spiro atoms. The summed E-state index contributed by atoms with van der Waals surface area (Å²) in [5, 5.41) is 0. The van der Waals surface area contributed by atoms with Gasteiger partial charge in [0.25, 0.3) is 0 Å². The molecule has 4 aliphatic heterocycles. The minimum atomic E-state index is -0.605. The highest BCUT2D eigenvalue weighted by Crippen LogP contribution is 2.46. The Balaban J connectivity index is 0.000000178. The second-order valence-corrected chi connectivity index (χ2v) is 16.9. The van der Waals surface area contributed by atoms with E-state index in [1.54, 1.807) is 24.7 Å². The summed E-state index contributed by atoms with van der Waals surface area (Å²) in [7, 11) is 0. The van der Waals surface area contributed by atoms with Crippen LogP contribution in [0.5, 0.6) is 0 Å². The first-order valence-corrected chi connectivity index (χ1v) is 21.0. The van der Waals surface area contributed by atoms with Gasteiger partial charge in [0, 0.05) is 60.7 Å². The lowest BCUT2D eigenvalue weighted by Gasteiger charge is -2.46. The monoisotopic (exact) mass is 835 g/mol. The van der Waals surface area contributed by atoms with Gasteiger partial charge in [0.1, 0.15) is 30.7 Å². The third-order valence-corrected chi connectivity index (χ3v) is 13.5. The summed E-state index contributed by atoms with van der Waals surface area (Å²) in [6.45, 7) is 2.57. The highest BCUT2D eigenvalue weighted by Gasteiger charge is 2.50. The molecule has 12 heteroatoms. The van der Waals surface area contributed by atoms with E-state index in [1.165, 1.54) is 75.6 Å². The Morgan fingerprint density at radius 1 is 0.574 bits per heavy atom. The Kier molecular flexibility index (Phi) is 13.6. The lowest BCUT2D eigenvalue weighted by Crippen LogP contribution is -2.52. The van der Waals surface area contributed by atoms with E-state index in [-0.39, 0.29) is 56.8 Å². The number of ether oxygens (including phenoxy) is 2. The maximum Gasteiger partial charge on any atom is 0.410 e. The molecule has 2 saturated carbocycles. The molecule has 322 valence electrons. The minimum Gasteiger partial charge on any atom is -0.447 e. The first-order valence-electron chi connectivity index (χ1n) is 21.0. The van der Waals surface area contributed by atoms with Crippen molar-refractivity contribution in [2.75, 3.05) is 26.3 Å². The van der Waals surface area contributed by atoms with Crippen LogP contribution in [-0.4, -0.2) is 75.3 Å². The van der Waals surface area contributed by atoms with Crippen LogP contribution in [0.2, 0.25) is 0 Å². The van der Waals surface area contributed by atoms with Crippen LogP contribution in [0.15, 0.2) is 85.3 Å². The van der Waals surface area contributed by atoms with E-state index in [4.69, 9.17) is 9.47 Å². The zero-order valence-corrected chi connectivity index (χ0v) is 32.8. The van der Waals surface area contributed by atoms with Gasteiger partial charge in [-0.1, -0.05) is 70.9 Å². The van der Waals surface area contributed by atoms with E-state index in [2.05, 4.69) is 27.1 Å². The summed E-state index contributed by atoms with van der Waals surface area (Å²) in [6.07, 6.45) is 22.8. The third kappa shape index (κ3) is 9.38. The molecule has 4 aromatic rings. The van der Waals surface area contributed by atoms with Gasteiger partial charge in [0.15, 0.2) is 5.82 Å². The molecule has 0 bridgehead atoms. The smallest absolute Gasteiger partial charge is 0.410 e. The topological polar surface area (TPSA) is 97.8 Å². The fourth-order valence-electron chi connectivity index (χ4n) is 10.6. The Hall–Kier alpha value is -5.52. The van der Waals surface area contributed by atoms with Crippen LogP contribution in [0.4, 0.5) is 22.8 Å². The number of halogens is 3. The van der Waals surface area contributed by atoms with Crippen molar-refractivity contribution in [3.8, 4) is 22.3 Å². The molecule has 6 heterocycles. The second-order valence-electron chi connectivity index (χ2n) is 16.9. The van der Waals surface area contributed by atoms with E-state index in [1.807, 2.05) is 40.2 Å². The van der Waals surface area contributed by atoms with Gasteiger partial charge in [0.2, 0.25) is 0 Å². The summed E-state index contributed by atoms with van der Waals surface area (Å²) in [6, 6.07) is 13.8. The largest absolute Gasteiger partial charge is 0.447 e. The fraction of sp³-hybridized carbons (Fsp3) is 0.449. The predicted octanol–water partition coefficient (Wildman–Crippen LogP) is 11.1. The molecule has 6 fully saturated rings. The van der Waals surface area contributed by atoms with Crippen molar-refractivity contribution in [3.05, 3.63) is 114 Å². The van der Waals surface area contributed by atoms with Crippen molar-refractivity contribution in [1.82, 2.24) is 24.8 Å². The molecule has 6 aliphatic rings.